The zero-order valence-corrected chi connectivity index (χ0v) is 8.91. The summed E-state index contributed by atoms with van der Waals surface area (Å²) >= 11 is 0. The smallest absolute Gasteiger partial charge is 0.262 e. The number of fused-ring (bicyclic) bond motifs is 1. The maximum absolute atomic E-state index is 11.0. The van der Waals surface area contributed by atoms with Crippen molar-refractivity contribution >= 4 is 11.6 Å². The number of carbonyl (C=O) groups excluding carboxylic acids is 1. The Bertz CT molecular complexity index is 388. The van der Waals surface area contributed by atoms with Gasteiger partial charge in [0.2, 0.25) is 5.88 Å². The van der Waals surface area contributed by atoms with Crippen LogP contribution in [0.5, 0.6) is 5.88 Å². The zero-order valence-electron chi connectivity index (χ0n) is 8.91. The van der Waals surface area contributed by atoms with Crippen molar-refractivity contribution in [1.82, 2.24) is 4.98 Å². The number of hydrogen-bond acceptors (Lipinski definition) is 3. The number of nitrogens with zero attached hydrogens (tertiary/aromatic N) is 1. The van der Waals surface area contributed by atoms with Crippen molar-refractivity contribution in [1.29, 1.82) is 0 Å². The Morgan fingerprint density at radius 3 is 3.07 bits per heavy atom. The largest absolute Gasteiger partial charge is 0.466 e. The van der Waals surface area contributed by atoms with Crippen LogP contribution in [0.15, 0.2) is 12.1 Å². The molecule has 0 spiro atoms. The highest BCUT2D eigenvalue weighted by atomic mass is 16.5. The summed E-state index contributed by atoms with van der Waals surface area (Å²) in [6.45, 7) is 4.35. The summed E-state index contributed by atoms with van der Waals surface area (Å²) in [5, 5.41) is 2.71. The first-order chi connectivity index (χ1) is 7.15. The highest BCUT2D eigenvalue weighted by Crippen LogP contribution is 2.25. The van der Waals surface area contributed by atoms with Gasteiger partial charge in [-0.05, 0) is 24.5 Å². The number of amides is 1. The summed E-state index contributed by atoms with van der Waals surface area (Å²) in [7, 11) is 0. The van der Waals surface area contributed by atoms with Crippen molar-refractivity contribution in [3.05, 3.63) is 17.8 Å². The Kier molecular flexibility index (Phi) is 2.58. The maximum atomic E-state index is 11.0. The average molecular weight is 206 g/mol. The lowest BCUT2D eigenvalue weighted by Crippen LogP contribution is -2.26. The molecule has 0 saturated carbocycles. The minimum atomic E-state index is -0.124. The third-order valence-electron chi connectivity index (χ3n) is 2.15. The fourth-order valence-corrected chi connectivity index (χ4v) is 1.54. The first-order valence-corrected chi connectivity index (χ1v) is 5.07. The molecule has 0 bridgehead atoms. The monoisotopic (exact) mass is 206 g/mol. The average Bonchev–Trinajstić information content (AvgIpc) is 2.17. The molecule has 4 nitrogen and oxygen atoms in total. The van der Waals surface area contributed by atoms with Gasteiger partial charge in [0.25, 0.3) is 5.91 Å². The highest BCUT2D eigenvalue weighted by molar-refractivity contribution is 5.94. The molecule has 0 aliphatic carbocycles. The van der Waals surface area contributed by atoms with Crippen LogP contribution in [0.1, 0.15) is 19.5 Å². The molecule has 4 heteroatoms. The first kappa shape index (κ1) is 9.96. The number of ether oxygens (including phenoxy) is 1. The fraction of sp³-hybridized carbons (Fsp3) is 0.455. The Hall–Kier alpha value is -1.58. The van der Waals surface area contributed by atoms with Crippen LogP contribution in [0.2, 0.25) is 0 Å². The summed E-state index contributed by atoms with van der Waals surface area (Å²) in [4.78, 5) is 15.4. The van der Waals surface area contributed by atoms with E-state index >= 15 is 0 Å². The van der Waals surface area contributed by atoms with Gasteiger partial charge < -0.3 is 10.1 Å². The van der Waals surface area contributed by atoms with Crippen LogP contribution in [-0.4, -0.2) is 17.5 Å². The van der Waals surface area contributed by atoms with Gasteiger partial charge in [-0.2, -0.15) is 0 Å². The van der Waals surface area contributed by atoms with Crippen LogP contribution in [0.3, 0.4) is 0 Å². The molecule has 1 aromatic heterocycles. The second-order valence-electron chi connectivity index (χ2n) is 4.09. The predicted octanol–water partition coefficient (Wildman–Crippen LogP) is 1.61. The first-order valence-electron chi connectivity index (χ1n) is 5.07. The Morgan fingerprint density at radius 2 is 2.33 bits per heavy atom. The van der Waals surface area contributed by atoms with Crippen molar-refractivity contribution in [2.24, 2.45) is 5.92 Å². The lowest BCUT2D eigenvalue weighted by Gasteiger charge is -2.17. The van der Waals surface area contributed by atoms with Crippen molar-refractivity contribution < 1.29 is 9.53 Å². The number of rotatable bonds is 2. The number of carbonyl (C=O) groups is 1. The molecule has 1 amide bonds. The molecule has 0 unspecified atom stereocenters. The van der Waals surface area contributed by atoms with Crippen molar-refractivity contribution in [3.8, 4) is 5.88 Å². The normalized spacial score (nSPS) is 14.5. The van der Waals surface area contributed by atoms with Gasteiger partial charge >= 0.3 is 0 Å². The fourth-order valence-electron chi connectivity index (χ4n) is 1.54. The van der Waals surface area contributed by atoms with Crippen LogP contribution < -0.4 is 10.1 Å². The SMILES string of the molecule is CC(C)Cc1ccc2c(n1)OCC(=O)N2. The molecule has 2 rings (SSSR count). The molecule has 0 aromatic carbocycles. The molecule has 0 fully saturated rings. The number of pyridine rings is 1. The second kappa shape index (κ2) is 3.88. The maximum Gasteiger partial charge on any atom is 0.262 e. The van der Waals surface area contributed by atoms with E-state index in [0.717, 1.165) is 12.1 Å². The highest BCUT2D eigenvalue weighted by Gasteiger charge is 2.17. The van der Waals surface area contributed by atoms with Gasteiger partial charge in [0, 0.05) is 5.69 Å². The molecule has 0 radical (unpaired) electrons. The summed E-state index contributed by atoms with van der Waals surface area (Å²) < 4.78 is 5.23. The molecule has 2 heterocycles. The Morgan fingerprint density at radius 1 is 1.53 bits per heavy atom. The number of nitrogens with one attached hydrogen (secondary N) is 1. The van der Waals surface area contributed by atoms with Gasteiger partial charge in [0.15, 0.2) is 6.61 Å². The van der Waals surface area contributed by atoms with Crippen LogP contribution in [0, 0.1) is 5.92 Å². The van der Waals surface area contributed by atoms with E-state index in [1.54, 1.807) is 0 Å². The molecular weight excluding hydrogens is 192 g/mol. The third-order valence-corrected chi connectivity index (χ3v) is 2.15. The van der Waals surface area contributed by atoms with Gasteiger partial charge in [-0.15, -0.1) is 0 Å². The standard InChI is InChI=1S/C11H14N2O2/c1-7(2)5-8-3-4-9-11(12-8)15-6-10(14)13-9/h3-4,7H,5-6H2,1-2H3,(H,13,14). The molecule has 1 aliphatic rings. The number of hydrogen-bond donors (Lipinski definition) is 1. The lowest BCUT2D eigenvalue weighted by molar-refractivity contribution is -0.118. The number of anilines is 1. The molecule has 0 atom stereocenters. The lowest BCUT2D eigenvalue weighted by atomic mass is 10.1. The van der Waals surface area contributed by atoms with Crippen molar-refractivity contribution in [2.45, 2.75) is 20.3 Å². The van der Waals surface area contributed by atoms with E-state index in [-0.39, 0.29) is 12.5 Å². The van der Waals surface area contributed by atoms with Gasteiger partial charge in [-0.25, -0.2) is 4.98 Å². The van der Waals surface area contributed by atoms with E-state index in [4.69, 9.17) is 4.74 Å². The second-order valence-corrected chi connectivity index (χ2v) is 4.09. The van der Waals surface area contributed by atoms with Crippen molar-refractivity contribution in [3.63, 3.8) is 0 Å². The van der Waals surface area contributed by atoms with E-state index in [1.807, 2.05) is 12.1 Å². The topological polar surface area (TPSA) is 51.2 Å². The molecular formula is C11H14N2O2. The molecule has 1 N–H and O–H groups in total. The predicted molar refractivity (Wildman–Crippen MR) is 56.9 cm³/mol. The summed E-state index contributed by atoms with van der Waals surface area (Å²) in [5.74, 6) is 0.974. The number of aromatic nitrogens is 1. The van der Waals surface area contributed by atoms with Gasteiger partial charge in [0.1, 0.15) is 5.69 Å². The van der Waals surface area contributed by atoms with E-state index in [1.165, 1.54) is 0 Å². The minimum absolute atomic E-state index is 0.0606. The van der Waals surface area contributed by atoms with Gasteiger partial charge in [-0.3, -0.25) is 4.79 Å². The third kappa shape index (κ3) is 2.26. The van der Waals surface area contributed by atoms with Crippen molar-refractivity contribution in [2.75, 3.05) is 11.9 Å². The summed E-state index contributed by atoms with van der Waals surface area (Å²) in [6, 6.07) is 3.77. The molecule has 15 heavy (non-hydrogen) atoms. The molecule has 1 aliphatic heterocycles. The molecule has 1 aromatic rings. The van der Waals surface area contributed by atoms with Crippen LogP contribution >= 0.6 is 0 Å². The van der Waals surface area contributed by atoms with E-state index in [9.17, 15) is 4.79 Å². The van der Waals surface area contributed by atoms with Crippen LogP contribution in [0.4, 0.5) is 5.69 Å². The summed E-state index contributed by atoms with van der Waals surface area (Å²) in [5.41, 5.74) is 1.67. The Balaban J connectivity index is 2.23. The van der Waals surface area contributed by atoms with E-state index in [2.05, 4.69) is 24.1 Å². The molecule has 80 valence electrons. The van der Waals surface area contributed by atoms with Crippen LogP contribution in [0.25, 0.3) is 0 Å². The Labute approximate surface area is 88.7 Å². The van der Waals surface area contributed by atoms with Gasteiger partial charge in [0.05, 0.1) is 0 Å². The van der Waals surface area contributed by atoms with E-state index in [0.29, 0.717) is 17.5 Å². The molecule has 0 saturated heterocycles. The van der Waals surface area contributed by atoms with E-state index < -0.39 is 0 Å². The van der Waals surface area contributed by atoms with Gasteiger partial charge in [-0.1, -0.05) is 13.8 Å². The summed E-state index contributed by atoms with van der Waals surface area (Å²) in [6.07, 6.45) is 0.921. The van der Waals surface area contributed by atoms with Crippen LogP contribution in [-0.2, 0) is 11.2 Å². The minimum Gasteiger partial charge on any atom is -0.466 e. The zero-order chi connectivity index (χ0) is 10.8. The quantitative estimate of drug-likeness (QED) is 0.799.